The van der Waals surface area contributed by atoms with E-state index >= 15 is 0 Å². The molecule has 0 unspecified atom stereocenters. The number of nitrogens with zero attached hydrogens (tertiary/aromatic N) is 5. The fraction of sp³-hybridized carbons (Fsp3) is 0.609. The molecule has 1 amide bonds. The topological polar surface area (TPSA) is 102 Å². The lowest BCUT2D eigenvalue weighted by atomic mass is 10.1. The summed E-state index contributed by atoms with van der Waals surface area (Å²) in [6.07, 6.45) is 9.14. The zero-order chi connectivity index (χ0) is 22.5. The summed E-state index contributed by atoms with van der Waals surface area (Å²) < 4.78 is 6.42. The summed E-state index contributed by atoms with van der Waals surface area (Å²) in [5.74, 6) is -0.446. The van der Waals surface area contributed by atoms with E-state index < -0.39 is 5.97 Å². The number of nitrogens with one attached hydrogen (secondary N) is 1. The van der Waals surface area contributed by atoms with E-state index in [4.69, 9.17) is 4.74 Å². The Morgan fingerprint density at radius 2 is 1.97 bits per heavy atom. The number of ether oxygens (including phenoxy) is 1. The minimum absolute atomic E-state index is 0.0596. The van der Waals surface area contributed by atoms with Crippen molar-refractivity contribution in [2.45, 2.75) is 76.5 Å². The smallest absolute Gasteiger partial charge is 0.360 e. The van der Waals surface area contributed by atoms with Gasteiger partial charge in [-0.05, 0) is 38.3 Å². The molecule has 1 N–H and O–H groups in total. The van der Waals surface area contributed by atoms with E-state index in [-0.39, 0.29) is 29.7 Å². The monoisotopic (exact) mass is 440 g/mol. The van der Waals surface area contributed by atoms with Crippen molar-refractivity contribution in [2.24, 2.45) is 0 Å². The SMILES string of the molecule is COC(=O)c1cn([C@@H]2C[C@@H](C(=O)NC3CCCCCC3)N(Cc3cccc(C)n3)C2)nn1. The Balaban J connectivity index is 1.51. The van der Waals surface area contributed by atoms with Gasteiger partial charge in [0.15, 0.2) is 5.69 Å². The second-order valence-electron chi connectivity index (χ2n) is 8.88. The number of methoxy groups -OCH3 is 1. The lowest BCUT2D eigenvalue weighted by Crippen LogP contribution is -2.46. The molecular weight excluding hydrogens is 408 g/mol. The lowest BCUT2D eigenvalue weighted by molar-refractivity contribution is -0.126. The highest BCUT2D eigenvalue weighted by Gasteiger charge is 2.39. The fourth-order valence-electron chi connectivity index (χ4n) is 4.79. The maximum Gasteiger partial charge on any atom is 0.360 e. The van der Waals surface area contributed by atoms with Crippen molar-refractivity contribution in [3.05, 3.63) is 41.5 Å². The van der Waals surface area contributed by atoms with Gasteiger partial charge in [-0.2, -0.15) is 0 Å². The second kappa shape index (κ2) is 10.2. The Bertz CT molecular complexity index is 937. The Kier molecular flexibility index (Phi) is 7.14. The summed E-state index contributed by atoms with van der Waals surface area (Å²) in [5.41, 5.74) is 2.06. The van der Waals surface area contributed by atoms with Crippen molar-refractivity contribution < 1.29 is 14.3 Å². The third kappa shape index (κ3) is 5.32. The average Bonchev–Trinajstić information content (AvgIpc) is 3.35. The molecule has 1 aliphatic heterocycles. The van der Waals surface area contributed by atoms with Crippen molar-refractivity contribution in [3.8, 4) is 0 Å². The third-order valence-corrected chi connectivity index (χ3v) is 6.48. The molecule has 1 saturated heterocycles. The zero-order valence-electron chi connectivity index (χ0n) is 18.9. The van der Waals surface area contributed by atoms with Crippen LogP contribution in [0.3, 0.4) is 0 Å². The highest BCUT2D eigenvalue weighted by molar-refractivity contribution is 5.86. The van der Waals surface area contributed by atoms with Gasteiger partial charge in [0.25, 0.3) is 0 Å². The number of carbonyl (C=O) groups excluding carboxylic acids is 2. The van der Waals surface area contributed by atoms with Crippen molar-refractivity contribution in [1.82, 2.24) is 30.2 Å². The number of aromatic nitrogens is 4. The van der Waals surface area contributed by atoms with Crippen LogP contribution in [0.25, 0.3) is 0 Å². The fourth-order valence-corrected chi connectivity index (χ4v) is 4.79. The van der Waals surface area contributed by atoms with Crippen molar-refractivity contribution in [2.75, 3.05) is 13.7 Å². The van der Waals surface area contributed by atoms with Crippen LogP contribution in [0.1, 0.15) is 72.9 Å². The number of pyridine rings is 1. The maximum absolute atomic E-state index is 13.3. The Labute approximate surface area is 188 Å². The largest absolute Gasteiger partial charge is 0.464 e. The van der Waals surface area contributed by atoms with Crippen molar-refractivity contribution in [3.63, 3.8) is 0 Å². The minimum atomic E-state index is -0.516. The van der Waals surface area contributed by atoms with Crippen LogP contribution in [-0.4, -0.2) is 62.5 Å². The van der Waals surface area contributed by atoms with Crippen LogP contribution in [-0.2, 0) is 16.1 Å². The van der Waals surface area contributed by atoms with Gasteiger partial charge in [0.2, 0.25) is 5.91 Å². The van der Waals surface area contributed by atoms with Crippen LogP contribution < -0.4 is 5.32 Å². The van der Waals surface area contributed by atoms with Gasteiger partial charge < -0.3 is 10.1 Å². The highest BCUT2D eigenvalue weighted by atomic mass is 16.5. The van der Waals surface area contributed by atoms with E-state index in [1.807, 2.05) is 25.1 Å². The molecule has 0 spiro atoms. The number of hydrogen-bond acceptors (Lipinski definition) is 7. The number of rotatable bonds is 6. The molecule has 172 valence electrons. The van der Waals surface area contributed by atoms with Crippen LogP contribution in [0.5, 0.6) is 0 Å². The molecule has 0 bridgehead atoms. The minimum Gasteiger partial charge on any atom is -0.464 e. The molecule has 3 heterocycles. The van der Waals surface area contributed by atoms with E-state index in [2.05, 4.69) is 25.5 Å². The first kappa shape index (κ1) is 22.4. The predicted molar refractivity (Wildman–Crippen MR) is 118 cm³/mol. The lowest BCUT2D eigenvalue weighted by Gasteiger charge is -2.25. The second-order valence-corrected chi connectivity index (χ2v) is 8.88. The molecule has 2 aliphatic rings. The van der Waals surface area contributed by atoms with Crippen LogP contribution in [0.15, 0.2) is 24.4 Å². The molecule has 0 aromatic carbocycles. The number of carbonyl (C=O) groups is 2. The molecule has 1 aliphatic carbocycles. The van der Waals surface area contributed by atoms with Crippen molar-refractivity contribution >= 4 is 11.9 Å². The van der Waals surface area contributed by atoms with Crippen molar-refractivity contribution in [1.29, 1.82) is 0 Å². The standard InChI is InChI=1S/C23H32N6O3/c1-16-8-7-11-18(24-16)13-28-14-19(29-15-20(26-27-29)23(31)32-2)12-21(28)22(30)25-17-9-5-3-4-6-10-17/h7-8,11,15,17,19,21H,3-6,9-10,12-14H2,1-2H3,(H,25,30)/t19-,21+/m1/s1. The summed E-state index contributed by atoms with van der Waals surface area (Å²) in [6, 6.07) is 5.86. The molecule has 2 aromatic heterocycles. The van der Waals surface area contributed by atoms with Gasteiger partial charge in [-0.1, -0.05) is 37.0 Å². The molecule has 9 nitrogen and oxygen atoms in total. The molecule has 9 heteroatoms. The Hall–Kier alpha value is -2.81. The molecular formula is C23H32N6O3. The highest BCUT2D eigenvalue weighted by Crippen LogP contribution is 2.29. The Morgan fingerprint density at radius 1 is 1.19 bits per heavy atom. The summed E-state index contributed by atoms with van der Waals surface area (Å²) in [4.78, 5) is 31.9. The Morgan fingerprint density at radius 3 is 2.69 bits per heavy atom. The zero-order valence-corrected chi connectivity index (χ0v) is 18.9. The van der Waals surface area contributed by atoms with Gasteiger partial charge in [-0.3, -0.25) is 14.7 Å². The first-order valence-corrected chi connectivity index (χ1v) is 11.5. The van der Waals surface area contributed by atoms with Crippen LogP contribution in [0.2, 0.25) is 0 Å². The van der Waals surface area contributed by atoms with Gasteiger partial charge in [0.05, 0.1) is 31.1 Å². The first-order chi connectivity index (χ1) is 15.5. The van der Waals surface area contributed by atoms with Gasteiger partial charge in [-0.15, -0.1) is 5.10 Å². The predicted octanol–water partition coefficient (Wildman–Crippen LogP) is 2.42. The van der Waals surface area contributed by atoms with E-state index in [1.54, 1.807) is 10.9 Å². The summed E-state index contributed by atoms with van der Waals surface area (Å²) in [5, 5.41) is 11.4. The van der Waals surface area contributed by atoms with Gasteiger partial charge in [0, 0.05) is 24.8 Å². The van der Waals surface area contributed by atoms with Crippen LogP contribution >= 0.6 is 0 Å². The van der Waals surface area contributed by atoms with Crippen LogP contribution in [0.4, 0.5) is 0 Å². The number of amides is 1. The number of esters is 1. The molecule has 4 rings (SSSR count). The molecule has 32 heavy (non-hydrogen) atoms. The molecule has 2 fully saturated rings. The summed E-state index contributed by atoms with van der Waals surface area (Å²) in [7, 11) is 1.32. The molecule has 2 atom stereocenters. The maximum atomic E-state index is 13.3. The first-order valence-electron chi connectivity index (χ1n) is 11.5. The van der Waals surface area contributed by atoms with E-state index in [0.717, 1.165) is 24.2 Å². The van der Waals surface area contributed by atoms with E-state index in [9.17, 15) is 9.59 Å². The summed E-state index contributed by atoms with van der Waals surface area (Å²) >= 11 is 0. The quantitative estimate of drug-likeness (QED) is 0.544. The van der Waals surface area contributed by atoms with Gasteiger partial charge in [0.1, 0.15) is 0 Å². The van der Waals surface area contributed by atoms with Crippen LogP contribution in [0, 0.1) is 6.92 Å². The third-order valence-electron chi connectivity index (χ3n) is 6.48. The molecule has 2 aromatic rings. The van der Waals surface area contributed by atoms with E-state index in [0.29, 0.717) is 19.5 Å². The van der Waals surface area contributed by atoms with Gasteiger partial charge >= 0.3 is 5.97 Å². The average molecular weight is 441 g/mol. The normalized spacial score (nSPS) is 22.4. The summed E-state index contributed by atoms with van der Waals surface area (Å²) in [6.45, 7) is 3.18. The molecule has 0 radical (unpaired) electrons. The number of aryl methyl sites for hydroxylation is 1. The number of hydrogen-bond donors (Lipinski definition) is 1. The number of likely N-dealkylation sites (tertiary alicyclic amines) is 1. The van der Waals surface area contributed by atoms with Gasteiger partial charge in [-0.25, -0.2) is 9.48 Å². The molecule has 1 saturated carbocycles. The van der Waals surface area contributed by atoms with E-state index in [1.165, 1.54) is 32.8 Å².